The SMILES string of the molecule is COCCN(Cc1cccc(OS(=O)(=O)c2cccc(C(F)(F)F)c2)c1)C(C)=O. The van der Waals surface area contributed by atoms with Gasteiger partial charge in [-0.25, -0.2) is 0 Å². The van der Waals surface area contributed by atoms with Gasteiger partial charge in [-0.15, -0.1) is 0 Å². The summed E-state index contributed by atoms with van der Waals surface area (Å²) in [6.45, 7) is 2.27. The molecule has 0 saturated heterocycles. The Morgan fingerprint density at radius 3 is 2.41 bits per heavy atom. The summed E-state index contributed by atoms with van der Waals surface area (Å²) in [5, 5.41) is 0. The van der Waals surface area contributed by atoms with Crippen LogP contribution in [0, 0.1) is 0 Å². The zero-order valence-electron chi connectivity index (χ0n) is 15.8. The van der Waals surface area contributed by atoms with Gasteiger partial charge in [-0.05, 0) is 35.9 Å². The van der Waals surface area contributed by atoms with E-state index >= 15 is 0 Å². The number of carbonyl (C=O) groups excluding carboxylic acids is 1. The molecule has 0 atom stereocenters. The molecule has 2 aromatic carbocycles. The minimum atomic E-state index is -4.68. The highest BCUT2D eigenvalue weighted by Crippen LogP contribution is 2.31. The zero-order chi connectivity index (χ0) is 21.7. The van der Waals surface area contributed by atoms with E-state index in [9.17, 15) is 26.4 Å². The monoisotopic (exact) mass is 431 g/mol. The van der Waals surface area contributed by atoms with E-state index in [-0.39, 0.29) is 18.2 Å². The number of rotatable bonds is 8. The first kappa shape index (κ1) is 22.7. The normalized spacial score (nSPS) is 11.9. The van der Waals surface area contributed by atoms with Crippen molar-refractivity contribution in [3.05, 3.63) is 59.7 Å². The Bertz CT molecular complexity index is 960. The summed E-state index contributed by atoms with van der Waals surface area (Å²) < 4.78 is 73.2. The first-order chi connectivity index (χ1) is 13.5. The van der Waals surface area contributed by atoms with E-state index in [1.165, 1.54) is 37.1 Å². The van der Waals surface area contributed by atoms with Crippen LogP contribution in [0.5, 0.6) is 5.75 Å². The highest BCUT2D eigenvalue weighted by Gasteiger charge is 2.32. The molecule has 1 amide bonds. The minimum absolute atomic E-state index is 0.0739. The highest BCUT2D eigenvalue weighted by atomic mass is 32.2. The maximum Gasteiger partial charge on any atom is 0.416 e. The molecule has 10 heteroatoms. The van der Waals surface area contributed by atoms with Gasteiger partial charge in [0.15, 0.2) is 0 Å². The van der Waals surface area contributed by atoms with Crippen LogP contribution in [0.3, 0.4) is 0 Å². The van der Waals surface area contributed by atoms with Crippen LogP contribution in [0.2, 0.25) is 0 Å². The average Bonchev–Trinajstić information content (AvgIpc) is 2.64. The van der Waals surface area contributed by atoms with Gasteiger partial charge in [-0.1, -0.05) is 18.2 Å². The molecule has 29 heavy (non-hydrogen) atoms. The van der Waals surface area contributed by atoms with E-state index < -0.39 is 26.8 Å². The molecule has 2 rings (SSSR count). The Kier molecular flexibility index (Phi) is 7.26. The lowest BCUT2D eigenvalue weighted by atomic mass is 10.2. The second-order valence-electron chi connectivity index (χ2n) is 6.14. The van der Waals surface area contributed by atoms with Crippen molar-refractivity contribution < 1.29 is 35.3 Å². The quantitative estimate of drug-likeness (QED) is 0.599. The predicted molar refractivity (Wildman–Crippen MR) is 98.7 cm³/mol. The molecule has 2 aromatic rings. The largest absolute Gasteiger partial charge is 0.416 e. The third-order valence-corrected chi connectivity index (χ3v) is 5.18. The molecule has 0 saturated carbocycles. The molecule has 6 nitrogen and oxygen atoms in total. The number of hydrogen-bond acceptors (Lipinski definition) is 5. The Balaban J connectivity index is 2.22. The molecule has 158 valence electrons. The van der Waals surface area contributed by atoms with E-state index in [4.69, 9.17) is 8.92 Å². The van der Waals surface area contributed by atoms with Crippen molar-refractivity contribution in [2.45, 2.75) is 24.5 Å². The fourth-order valence-corrected chi connectivity index (χ4v) is 3.44. The van der Waals surface area contributed by atoms with Crippen LogP contribution in [0.25, 0.3) is 0 Å². The second-order valence-corrected chi connectivity index (χ2v) is 7.69. The number of nitrogens with zero attached hydrogens (tertiary/aromatic N) is 1. The standard InChI is InChI=1S/C19H20F3NO5S/c1-14(24)23(9-10-27-2)13-15-5-3-7-17(11-15)28-29(25,26)18-8-4-6-16(12-18)19(20,21)22/h3-8,11-12H,9-10,13H2,1-2H3. The maximum absolute atomic E-state index is 12.8. The second kappa shape index (κ2) is 9.27. The molecular weight excluding hydrogens is 411 g/mol. The van der Waals surface area contributed by atoms with E-state index in [0.29, 0.717) is 24.8 Å². The van der Waals surface area contributed by atoms with Gasteiger partial charge in [0.25, 0.3) is 0 Å². The third kappa shape index (κ3) is 6.47. The van der Waals surface area contributed by atoms with Gasteiger partial charge in [-0.3, -0.25) is 4.79 Å². The van der Waals surface area contributed by atoms with Crippen molar-refractivity contribution in [2.24, 2.45) is 0 Å². The number of benzene rings is 2. The summed E-state index contributed by atoms with van der Waals surface area (Å²) >= 11 is 0. The number of ether oxygens (including phenoxy) is 1. The maximum atomic E-state index is 12.8. The summed E-state index contributed by atoms with van der Waals surface area (Å²) in [5.41, 5.74) is -0.501. The molecule has 0 heterocycles. The average molecular weight is 431 g/mol. The summed E-state index contributed by atoms with van der Waals surface area (Å²) in [6, 6.07) is 9.29. The zero-order valence-corrected chi connectivity index (χ0v) is 16.6. The first-order valence-electron chi connectivity index (χ1n) is 8.48. The summed E-state index contributed by atoms with van der Waals surface area (Å²) in [4.78, 5) is 12.6. The Hall–Kier alpha value is -2.59. The van der Waals surface area contributed by atoms with Crippen molar-refractivity contribution >= 4 is 16.0 Å². The smallest absolute Gasteiger partial charge is 0.383 e. The molecule has 0 aliphatic rings. The van der Waals surface area contributed by atoms with Crippen molar-refractivity contribution in [1.29, 1.82) is 0 Å². The molecule has 0 bridgehead atoms. The first-order valence-corrected chi connectivity index (χ1v) is 9.89. The van der Waals surface area contributed by atoms with Gasteiger partial charge >= 0.3 is 16.3 Å². The molecule has 0 aliphatic heterocycles. The molecule has 0 fully saturated rings. The summed E-state index contributed by atoms with van der Waals surface area (Å²) in [6.07, 6.45) is -4.68. The Morgan fingerprint density at radius 2 is 1.79 bits per heavy atom. The minimum Gasteiger partial charge on any atom is -0.383 e. The number of halogens is 3. The third-order valence-electron chi connectivity index (χ3n) is 3.94. The van der Waals surface area contributed by atoms with Crippen molar-refractivity contribution in [2.75, 3.05) is 20.3 Å². The summed E-state index contributed by atoms with van der Waals surface area (Å²) in [7, 11) is -2.97. The van der Waals surface area contributed by atoms with Crippen molar-refractivity contribution in [3.8, 4) is 5.75 Å². The molecule has 0 radical (unpaired) electrons. The van der Waals surface area contributed by atoms with Crippen LogP contribution in [0.4, 0.5) is 13.2 Å². The summed E-state index contributed by atoms with van der Waals surface area (Å²) in [5.74, 6) is -0.264. The van der Waals surface area contributed by atoms with E-state index in [1.807, 2.05) is 0 Å². The number of amides is 1. The number of alkyl halides is 3. The van der Waals surface area contributed by atoms with Gasteiger partial charge in [0, 0.05) is 27.1 Å². The van der Waals surface area contributed by atoms with Crippen LogP contribution in [0.1, 0.15) is 18.1 Å². The van der Waals surface area contributed by atoms with Gasteiger partial charge in [0.1, 0.15) is 10.6 Å². The van der Waals surface area contributed by atoms with Crippen molar-refractivity contribution in [3.63, 3.8) is 0 Å². The van der Waals surface area contributed by atoms with Gasteiger partial charge in [-0.2, -0.15) is 21.6 Å². The van der Waals surface area contributed by atoms with Gasteiger partial charge < -0.3 is 13.8 Å². The number of hydrogen-bond donors (Lipinski definition) is 0. The highest BCUT2D eigenvalue weighted by molar-refractivity contribution is 7.87. The molecule has 0 spiro atoms. The molecule has 0 N–H and O–H groups in total. The van der Waals surface area contributed by atoms with E-state index in [0.717, 1.165) is 18.2 Å². The van der Waals surface area contributed by atoms with Crippen LogP contribution in [-0.2, 0) is 32.4 Å². The van der Waals surface area contributed by atoms with E-state index in [1.54, 1.807) is 6.07 Å². The van der Waals surface area contributed by atoms with Crippen LogP contribution in [0.15, 0.2) is 53.4 Å². The lowest BCUT2D eigenvalue weighted by molar-refractivity contribution is -0.137. The molecule has 0 aliphatic carbocycles. The fraction of sp³-hybridized carbons (Fsp3) is 0.316. The van der Waals surface area contributed by atoms with Crippen LogP contribution >= 0.6 is 0 Å². The predicted octanol–water partition coefficient (Wildman–Crippen LogP) is 3.47. The fourth-order valence-electron chi connectivity index (χ4n) is 2.47. The Morgan fingerprint density at radius 1 is 1.10 bits per heavy atom. The number of carbonyl (C=O) groups is 1. The lowest BCUT2D eigenvalue weighted by Crippen LogP contribution is -2.31. The Labute approximate surface area is 167 Å². The molecular formula is C19H20F3NO5S. The number of methoxy groups -OCH3 is 1. The van der Waals surface area contributed by atoms with E-state index in [2.05, 4.69) is 0 Å². The van der Waals surface area contributed by atoms with Crippen LogP contribution in [-0.4, -0.2) is 39.5 Å². The van der Waals surface area contributed by atoms with Crippen molar-refractivity contribution in [1.82, 2.24) is 4.90 Å². The lowest BCUT2D eigenvalue weighted by Gasteiger charge is -2.21. The van der Waals surface area contributed by atoms with Gasteiger partial charge in [0.05, 0.1) is 12.2 Å². The molecule has 0 unspecified atom stereocenters. The van der Waals surface area contributed by atoms with Gasteiger partial charge in [0.2, 0.25) is 5.91 Å². The molecule has 0 aromatic heterocycles. The topological polar surface area (TPSA) is 72.9 Å². The van der Waals surface area contributed by atoms with Crippen LogP contribution < -0.4 is 4.18 Å².